The minimum Gasteiger partial charge on any atom is -0.493 e. The summed E-state index contributed by atoms with van der Waals surface area (Å²) in [6.07, 6.45) is 1.58. The summed E-state index contributed by atoms with van der Waals surface area (Å²) >= 11 is 2.76. The maximum Gasteiger partial charge on any atom is 0.325 e. The van der Waals surface area contributed by atoms with Crippen molar-refractivity contribution < 1.29 is 23.4 Å². The predicted molar refractivity (Wildman–Crippen MR) is 130 cm³/mol. The third-order valence-corrected chi connectivity index (χ3v) is 6.37. The molecule has 0 aliphatic rings. The van der Waals surface area contributed by atoms with Crippen LogP contribution in [-0.4, -0.2) is 41.2 Å². The normalized spacial score (nSPS) is 10.7. The molecule has 4 rings (SSSR count). The summed E-state index contributed by atoms with van der Waals surface area (Å²) in [5.74, 6) is 1.94. The molecule has 12 heteroatoms. The third kappa shape index (κ3) is 5.29. The van der Waals surface area contributed by atoms with E-state index in [4.69, 9.17) is 14.2 Å². The van der Waals surface area contributed by atoms with Crippen LogP contribution in [0.4, 0.5) is 20.0 Å². The largest absolute Gasteiger partial charge is 0.493 e. The number of urea groups is 1. The molecule has 0 saturated heterocycles. The SMILES string of the molecule is CCSc1nnc(NC(=O)Nc2ccc(Oc3ccnc4cc(OC)c(OC)cc34)cc2F)s1. The minimum atomic E-state index is -0.662. The first kappa shape index (κ1) is 23.5. The average Bonchev–Trinajstić information content (AvgIpc) is 3.27. The van der Waals surface area contributed by atoms with Crippen molar-refractivity contribution in [3.8, 4) is 23.0 Å². The van der Waals surface area contributed by atoms with E-state index in [9.17, 15) is 9.18 Å². The Morgan fingerprint density at radius 1 is 1.06 bits per heavy atom. The van der Waals surface area contributed by atoms with Crippen molar-refractivity contribution in [2.24, 2.45) is 0 Å². The fourth-order valence-electron chi connectivity index (χ4n) is 3.02. The standard InChI is InChI=1S/C22H20FN5O4S2/c1-4-33-22-28-27-21(34-22)26-20(29)25-15-6-5-12(9-14(15)23)32-17-7-8-24-16-11-19(31-3)18(30-2)10-13(16)17/h5-11H,4H2,1-3H3,(H2,25,26,27,29). The number of hydrogen-bond donors (Lipinski definition) is 2. The van der Waals surface area contributed by atoms with E-state index in [1.165, 1.54) is 42.3 Å². The number of aromatic nitrogens is 3. The van der Waals surface area contributed by atoms with Crippen LogP contribution >= 0.6 is 23.1 Å². The molecule has 176 valence electrons. The zero-order valence-corrected chi connectivity index (χ0v) is 20.1. The van der Waals surface area contributed by atoms with Gasteiger partial charge in [-0.05, 0) is 30.0 Å². The Hall–Kier alpha value is -3.64. The number of methoxy groups -OCH3 is 2. The van der Waals surface area contributed by atoms with Gasteiger partial charge < -0.3 is 19.5 Å². The van der Waals surface area contributed by atoms with Crippen molar-refractivity contribution in [3.63, 3.8) is 0 Å². The highest BCUT2D eigenvalue weighted by Crippen LogP contribution is 2.37. The molecule has 9 nitrogen and oxygen atoms in total. The lowest BCUT2D eigenvalue weighted by molar-refractivity contribution is 0.262. The highest BCUT2D eigenvalue weighted by molar-refractivity contribution is 8.01. The lowest BCUT2D eigenvalue weighted by atomic mass is 10.2. The van der Waals surface area contributed by atoms with E-state index in [1.807, 2.05) is 6.92 Å². The molecule has 0 atom stereocenters. The fourth-order valence-corrected chi connectivity index (χ4v) is 4.66. The Balaban J connectivity index is 1.49. The molecule has 0 radical (unpaired) electrons. The first-order chi connectivity index (χ1) is 16.5. The predicted octanol–water partition coefficient (Wildman–Crippen LogP) is 5.79. The smallest absolute Gasteiger partial charge is 0.325 e. The van der Waals surface area contributed by atoms with Gasteiger partial charge >= 0.3 is 6.03 Å². The Bertz CT molecular complexity index is 1330. The van der Waals surface area contributed by atoms with Crippen molar-refractivity contribution in [2.75, 3.05) is 30.6 Å². The average molecular weight is 502 g/mol. The van der Waals surface area contributed by atoms with Crippen molar-refractivity contribution in [1.29, 1.82) is 0 Å². The number of halogens is 1. The lowest BCUT2D eigenvalue weighted by Crippen LogP contribution is -2.20. The number of hydrogen-bond acceptors (Lipinski definition) is 9. The summed E-state index contributed by atoms with van der Waals surface area (Å²) in [5, 5.41) is 13.8. The molecule has 0 unspecified atom stereocenters. The number of ether oxygens (including phenoxy) is 3. The maximum absolute atomic E-state index is 14.7. The second-order valence-corrected chi connectivity index (χ2v) is 9.15. The third-order valence-electron chi connectivity index (χ3n) is 4.52. The number of rotatable bonds is 8. The summed E-state index contributed by atoms with van der Waals surface area (Å²) in [7, 11) is 3.07. The first-order valence-electron chi connectivity index (χ1n) is 10.0. The Kier molecular flexibility index (Phi) is 7.28. The monoisotopic (exact) mass is 501 g/mol. The van der Waals surface area contributed by atoms with Crippen LogP contribution in [0.2, 0.25) is 0 Å². The second-order valence-electron chi connectivity index (χ2n) is 6.66. The molecular weight excluding hydrogens is 481 g/mol. The van der Waals surface area contributed by atoms with Crippen molar-refractivity contribution in [3.05, 3.63) is 48.4 Å². The van der Waals surface area contributed by atoms with Crippen LogP contribution in [0.1, 0.15) is 6.92 Å². The number of nitrogens with one attached hydrogen (secondary N) is 2. The number of carbonyl (C=O) groups is 1. The van der Waals surface area contributed by atoms with Gasteiger partial charge in [-0.25, -0.2) is 9.18 Å². The Morgan fingerprint density at radius 3 is 2.59 bits per heavy atom. The van der Waals surface area contributed by atoms with Gasteiger partial charge in [0.15, 0.2) is 15.8 Å². The van der Waals surface area contributed by atoms with Crippen LogP contribution < -0.4 is 24.8 Å². The van der Waals surface area contributed by atoms with Crippen molar-refractivity contribution in [1.82, 2.24) is 15.2 Å². The molecular formula is C22H20FN5O4S2. The van der Waals surface area contributed by atoms with Gasteiger partial charge in [0.2, 0.25) is 5.13 Å². The summed E-state index contributed by atoms with van der Waals surface area (Å²) in [6.45, 7) is 1.99. The van der Waals surface area contributed by atoms with Crippen LogP contribution in [0.25, 0.3) is 10.9 Å². The van der Waals surface area contributed by atoms with E-state index >= 15 is 0 Å². The Labute approximate surface area is 202 Å². The van der Waals surface area contributed by atoms with Crippen LogP contribution in [0.15, 0.2) is 46.9 Å². The molecule has 2 amide bonds. The van der Waals surface area contributed by atoms with Gasteiger partial charge in [-0.1, -0.05) is 30.0 Å². The summed E-state index contributed by atoms with van der Waals surface area (Å²) < 4.78 is 32.0. The molecule has 0 fully saturated rings. The van der Waals surface area contributed by atoms with Gasteiger partial charge in [-0.2, -0.15) is 0 Å². The number of pyridine rings is 1. The summed E-state index contributed by atoms with van der Waals surface area (Å²) in [6, 6.07) is 8.66. The number of fused-ring (bicyclic) bond motifs is 1. The molecule has 2 N–H and O–H groups in total. The minimum absolute atomic E-state index is 0.0106. The molecule has 0 bridgehead atoms. The molecule has 0 aliphatic carbocycles. The number of nitrogens with zero attached hydrogens (tertiary/aromatic N) is 3. The van der Waals surface area contributed by atoms with E-state index < -0.39 is 11.8 Å². The zero-order valence-electron chi connectivity index (χ0n) is 18.4. The van der Waals surface area contributed by atoms with Gasteiger partial charge in [0, 0.05) is 23.7 Å². The van der Waals surface area contributed by atoms with Gasteiger partial charge in [-0.15, -0.1) is 10.2 Å². The number of benzene rings is 2. The molecule has 2 aromatic heterocycles. The van der Waals surface area contributed by atoms with Gasteiger partial charge in [0.1, 0.15) is 17.3 Å². The second kappa shape index (κ2) is 10.5. The van der Waals surface area contributed by atoms with Crippen molar-refractivity contribution >= 4 is 50.9 Å². The summed E-state index contributed by atoms with van der Waals surface area (Å²) in [5.41, 5.74) is 0.617. The Morgan fingerprint density at radius 2 is 1.85 bits per heavy atom. The van der Waals surface area contributed by atoms with E-state index in [2.05, 4.69) is 25.8 Å². The quantitative estimate of drug-likeness (QED) is 0.231. The van der Waals surface area contributed by atoms with E-state index in [1.54, 1.807) is 37.6 Å². The van der Waals surface area contributed by atoms with Gasteiger partial charge in [0.25, 0.3) is 0 Å². The van der Waals surface area contributed by atoms with E-state index in [-0.39, 0.29) is 11.4 Å². The van der Waals surface area contributed by atoms with E-state index in [0.717, 1.165) is 10.1 Å². The molecule has 4 aromatic rings. The molecule has 0 spiro atoms. The summed E-state index contributed by atoms with van der Waals surface area (Å²) in [4.78, 5) is 16.5. The molecule has 0 saturated carbocycles. The number of amides is 2. The van der Waals surface area contributed by atoms with Crippen LogP contribution in [0.3, 0.4) is 0 Å². The zero-order chi connectivity index (χ0) is 24.1. The van der Waals surface area contributed by atoms with Crippen LogP contribution in [0, 0.1) is 5.82 Å². The molecule has 34 heavy (non-hydrogen) atoms. The number of anilines is 2. The number of carbonyl (C=O) groups excluding carboxylic acids is 1. The molecule has 0 aliphatic heterocycles. The fraction of sp³-hybridized carbons (Fsp3) is 0.182. The lowest BCUT2D eigenvalue weighted by Gasteiger charge is -2.13. The highest BCUT2D eigenvalue weighted by atomic mass is 32.2. The van der Waals surface area contributed by atoms with Gasteiger partial charge in [0.05, 0.1) is 25.4 Å². The van der Waals surface area contributed by atoms with Gasteiger partial charge in [-0.3, -0.25) is 10.3 Å². The van der Waals surface area contributed by atoms with Crippen LogP contribution in [0.5, 0.6) is 23.0 Å². The first-order valence-corrected chi connectivity index (χ1v) is 11.8. The number of thioether (sulfide) groups is 1. The molecule has 2 aromatic carbocycles. The van der Waals surface area contributed by atoms with Crippen LogP contribution in [-0.2, 0) is 0 Å². The maximum atomic E-state index is 14.7. The highest BCUT2D eigenvalue weighted by Gasteiger charge is 2.14. The van der Waals surface area contributed by atoms with E-state index in [0.29, 0.717) is 33.3 Å². The molecule has 2 heterocycles. The topological polar surface area (TPSA) is 107 Å². The van der Waals surface area contributed by atoms with Crippen molar-refractivity contribution in [2.45, 2.75) is 11.3 Å².